The summed E-state index contributed by atoms with van der Waals surface area (Å²) in [6, 6.07) is 8.85. The van der Waals surface area contributed by atoms with Gasteiger partial charge < -0.3 is 5.32 Å². The second-order valence-corrected chi connectivity index (χ2v) is 12.0. The lowest BCUT2D eigenvalue weighted by Gasteiger charge is -2.43. The number of benzene rings is 1. The molecule has 178 valence electrons. The third-order valence-corrected chi connectivity index (χ3v) is 8.07. The van der Waals surface area contributed by atoms with E-state index in [1.54, 1.807) is 12.1 Å². The molecular weight excluding hydrogens is 472 g/mol. The minimum Gasteiger partial charge on any atom is -0.323 e. The molecule has 4 amide bonds. The first-order chi connectivity index (χ1) is 16.1. The number of urea groups is 1. The fourth-order valence-electron chi connectivity index (χ4n) is 5.09. The highest BCUT2D eigenvalue weighted by Gasteiger charge is 2.56. The SMILES string of the molecule is C[C@@H]1CC(C)(C)C[C@@]2(C1)NC(=O)N(CC(=O)Nc1nnc(SCc3ccc(C#N)cc3)s1)C2=O. The second-order valence-electron chi connectivity index (χ2n) is 9.78. The molecule has 2 heterocycles. The number of anilines is 1. The van der Waals surface area contributed by atoms with E-state index in [0.29, 0.717) is 39.5 Å². The average molecular weight is 499 g/mol. The van der Waals surface area contributed by atoms with Crippen molar-refractivity contribution < 1.29 is 14.4 Å². The van der Waals surface area contributed by atoms with Crippen LogP contribution in [0.4, 0.5) is 9.93 Å². The van der Waals surface area contributed by atoms with Gasteiger partial charge in [0.05, 0.1) is 11.6 Å². The van der Waals surface area contributed by atoms with Gasteiger partial charge in [0, 0.05) is 5.75 Å². The van der Waals surface area contributed by atoms with Crippen LogP contribution in [0.2, 0.25) is 0 Å². The molecule has 4 rings (SSSR count). The normalized spacial score (nSPS) is 23.6. The van der Waals surface area contributed by atoms with Crippen molar-refractivity contribution in [2.75, 3.05) is 11.9 Å². The van der Waals surface area contributed by atoms with Crippen LogP contribution in [0.15, 0.2) is 28.6 Å². The molecule has 2 aliphatic rings. The smallest absolute Gasteiger partial charge is 0.323 e. The molecule has 2 N–H and O–H groups in total. The second kappa shape index (κ2) is 9.35. The van der Waals surface area contributed by atoms with Gasteiger partial charge in [0.25, 0.3) is 5.91 Å². The third-order valence-electron chi connectivity index (χ3n) is 6.02. The Morgan fingerprint density at radius 2 is 2.03 bits per heavy atom. The van der Waals surface area contributed by atoms with E-state index >= 15 is 0 Å². The van der Waals surface area contributed by atoms with Crippen molar-refractivity contribution in [1.82, 2.24) is 20.4 Å². The zero-order valence-electron chi connectivity index (χ0n) is 19.3. The van der Waals surface area contributed by atoms with Crippen molar-refractivity contribution in [2.45, 2.75) is 55.7 Å². The van der Waals surface area contributed by atoms with Gasteiger partial charge in [0.15, 0.2) is 4.34 Å². The number of amides is 4. The number of nitriles is 1. The Morgan fingerprint density at radius 1 is 1.29 bits per heavy atom. The number of nitrogens with one attached hydrogen (secondary N) is 2. The maximum absolute atomic E-state index is 13.2. The van der Waals surface area contributed by atoms with E-state index in [1.165, 1.54) is 23.1 Å². The van der Waals surface area contributed by atoms with Crippen LogP contribution in [-0.4, -0.2) is 45.0 Å². The molecule has 11 heteroatoms. The summed E-state index contributed by atoms with van der Waals surface area (Å²) in [5.74, 6) is 0.114. The van der Waals surface area contributed by atoms with Crippen molar-refractivity contribution in [3.8, 4) is 6.07 Å². The third kappa shape index (κ3) is 5.23. The van der Waals surface area contributed by atoms with Gasteiger partial charge in [-0.25, -0.2) is 4.79 Å². The lowest BCUT2D eigenvalue weighted by Crippen LogP contribution is -2.54. The highest BCUT2D eigenvalue weighted by atomic mass is 32.2. The molecule has 1 spiro atoms. The van der Waals surface area contributed by atoms with E-state index in [-0.39, 0.29) is 17.9 Å². The molecule has 9 nitrogen and oxygen atoms in total. The Kier molecular flexibility index (Phi) is 6.64. The van der Waals surface area contributed by atoms with Crippen LogP contribution in [0.3, 0.4) is 0 Å². The Bertz CT molecular complexity index is 1160. The molecule has 0 unspecified atom stereocenters. The first-order valence-electron chi connectivity index (χ1n) is 11.0. The van der Waals surface area contributed by atoms with Gasteiger partial charge in [-0.1, -0.05) is 56.0 Å². The number of carbonyl (C=O) groups is 3. The molecule has 0 radical (unpaired) electrons. The van der Waals surface area contributed by atoms with Crippen molar-refractivity contribution in [3.63, 3.8) is 0 Å². The van der Waals surface area contributed by atoms with Gasteiger partial charge in [-0.05, 0) is 48.3 Å². The van der Waals surface area contributed by atoms with Crippen LogP contribution in [-0.2, 0) is 15.3 Å². The summed E-state index contributed by atoms with van der Waals surface area (Å²) in [7, 11) is 0. The van der Waals surface area contributed by atoms with Crippen molar-refractivity contribution in [1.29, 1.82) is 5.26 Å². The summed E-state index contributed by atoms with van der Waals surface area (Å²) >= 11 is 2.69. The zero-order chi connectivity index (χ0) is 24.5. The largest absolute Gasteiger partial charge is 0.325 e. The number of aromatic nitrogens is 2. The molecule has 1 aliphatic heterocycles. The summed E-state index contributed by atoms with van der Waals surface area (Å²) in [6.07, 6.45) is 2.12. The van der Waals surface area contributed by atoms with Crippen molar-refractivity contribution >= 4 is 46.1 Å². The van der Waals surface area contributed by atoms with Crippen LogP contribution < -0.4 is 10.6 Å². The minimum atomic E-state index is -0.934. The van der Waals surface area contributed by atoms with Gasteiger partial charge in [-0.2, -0.15) is 5.26 Å². The zero-order valence-corrected chi connectivity index (χ0v) is 20.9. The first kappa shape index (κ1) is 24.2. The van der Waals surface area contributed by atoms with E-state index < -0.39 is 17.5 Å². The van der Waals surface area contributed by atoms with E-state index in [4.69, 9.17) is 5.26 Å². The van der Waals surface area contributed by atoms with Crippen LogP contribution in [0, 0.1) is 22.7 Å². The molecular formula is C23H26N6O3S2. The number of imide groups is 1. The fraction of sp³-hybridized carbons (Fsp3) is 0.478. The summed E-state index contributed by atoms with van der Waals surface area (Å²) in [5, 5.41) is 22.8. The van der Waals surface area contributed by atoms with Crippen LogP contribution in [0.5, 0.6) is 0 Å². The Hall–Kier alpha value is -2.97. The maximum Gasteiger partial charge on any atom is 0.325 e. The Labute approximate surface area is 206 Å². The van der Waals surface area contributed by atoms with Gasteiger partial charge in [0.1, 0.15) is 12.1 Å². The number of hydrogen-bond donors (Lipinski definition) is 2. The topological polar surface area (TPSA) is 128 Å². The van der Waals surface area contributed by atoms with Gasteiger partial charge >= 0.3 is 6.03 Å². The molecule has 0 bridgehead atoms. The number of nitrogens with zero attached hydrogens (tertiary/aromatic N) is 4. The minimum absolute atomic E-state index is 0.0722. The summed E-state index contributed by atoms with van der Waals surface area (Å²) in [4.78, 5) is 39.4. The predicted molar refractivity (Wildman–Crippen MR) is 129 cm³/mol. The summed E-state index contributed by atoms with van der Waals surface area (Å²) < 4.78 is 0.673. The average Bonchev–Trinajstić information content (AvgIpc) is 3.29. The van der Waals surface area contributed by atoms with E-state index in [0.717, 1.165) is 16.9 Å². The lowest BCUT2D eigenvalue weighted by molar-refractivity contribution is -0.136. The molecule has 2 fully saturated rings. The van der Waals surface area contributed by atoms with Crippen molar-refractivity contribution in [3.05, 3.63) is 35.4 Å². The first-order valence-corrected chi connectivity index (χ1v) is 12.8. The quantitative estimate of drug-likeness (QED) is 0.352. The predicted octanol–water partition coefficient (Wildman–Crippen LogP) is 3.78. The summed E-state index contributed by atoms with van der Waals surface area (Å²) in [6.45, 7) is 5.93. The van der Waals surface area contributed by atoms with Gasteiger partial charge in [-0.15, -0.1) is 10.2 Å². The number of carbonyl (C=O) groups excluding carboxylic acids is 3. The van der Waals surface area contributed by atoms with Gasteiger partial charge in [-0.3, -0.25) is 19.8 Å². The Balaban J connectivity index is 1.33. The van der Waals surface area contributed by atoms with Crippen LogP contribution >= 0.6 is 23.1 Å². The van der Waals surface area contributed by atoms with Crippen LogP contribution in [0.1, 0.15) is 51.2 Å². The number of rotatable bonds is 6. The fourth-order valence-corrected chi connectivity index (χ4v) is 6.82. The standard InChI is InChI=1S/C23H26N6O3S2/c1-14-8-22(2,3)13-23(9-14)18(31)29(20(32)26-23)11-17(30)25-19-27-28-21(34-19)33-12-16-6-4-15(10-24)5-7-16/h4-7,14H,8-9,11-13H2,1-3H3,(H,26,32)(H,25,27,30)/t14-,23-/m1/s1. The van der Waals surface area contributed by atoms with Crippen LogP contribution in [0.25, 0.3) is 0 Å². The van der Waals surface area contributed by atoms with E-state index in [9.17, 15) is 14.4 Å². The molecule has 1 aromatic heterocycles. The molecule has 2 aromatic rings. The molecule has 1 aromatic carbocycles. The number of thioether (sulfide) groups is 1. The maximum atomic E-state index is 13.2. The Morgan fingerprint density at radius 3 is 2.71 bits per heavy atom. The van der Waals surface area contributed by atoms with E-state index in [2.05, 4.69) is 47.7 Å². The summed E-state index contributed by atoms with van der Waals surface area (Å²) in [5.41, 5.74) is 0.637. The lowest BCUT2D eigenvalue weighted by atomic mass is 9.64. The monoisotopic (exact) mass is 498 g/mol. The highest BCUT2D eigenvalue weighted by molar-refractivity contribution is 8.00. The van der Waals surface area contributed by atoms with E-state index in [1.807, 2.05) is 12.1 Å². The highest BCUT2D eigenvalue weighted by Crippen LogP contribution is 2.46. The number of hydrogen-bond acceptors (Lipinski definition) is 8. The molecule has 2 atom stereocenters. The molecule has 1 saturated carbocycles. The molecule has 1 aliphatic carbocycles. The molecule has 1 saturated heterocycles. The van der Waals surface area contributed by atoms with Gasteiger partial charge in [0.2, 0.25) is 11.0 Å². The van der Waals surface area contributed by atoms with Crippen molar-refractivity contribution in [2.24, 2.45) is 11.3 Å². The molecule has 34 heavy (non-hydrogen) atoms.